The maximum absolute atomic E-state index is 12.1. The summed E-state index contributed by atoms with van der Waals surface area (Å²) >= 11 is 0. The molecule has 13 heteroatoms. The molecule has 1 amide bonds. The fourth-order valence-electron chi connectivity index (χ4n) is 3.31. The van der Waals surface area contributed by atoms with E-state index in [-0.39, 0.29) is 24.1 Å². The first-order valence-electron chi connectivity index (χ1n) is 11.0. The molecule has 1 aliphatic heterocycles. The number of aromatic nitrogens is 3. The summed E-state index contributed by atoms with van der Waals surface area (Å²) in [5.74, 6) is 0.644. The van der Waals surface area contributed by atoms with Gasteiger partial charge in [-0.15, -0.1) is 0 Å². The van der Waals surface area contributed by atoms with Gasteiger partial charge in [-0.25, -0.2) is 28.1 Å². The second-order valence-corrected chi connectivity index (χ2v) is 9.26. The third-order valence-corrected chi connectivity index (χ3v) is 6.12. The van der Waals surface area contributed by atoms with Crippen LogP contribution in [0.1, 0.15) is 35.9 Å². The maximum Gasteiger partial charge on any atom is 0.271 e. The summed E-state index contributed by atoms with van der Waals surface area (Å²) in [6.45, 7) is 7.00. The molecule has 6 N–H and O–H groups in total. The Hall–Kier alpha value is -3.29. The number of hydrogen-bond acceptors (Lipinski definition) is 10. The zero-order valence-corrected chi connectivity index (χ0v) is 19.8. The molecule has 0 bridgehead atoms. The van der Waals surface area contributed by atoms with Crippen molar-refractivity contribution in [3.05, 3.63) is 41.7 Å². The Morgan fingerprint density at radius 2 is 2.03 bits per heavy atom. The molecule has 0 unspecified atom stereocenters. The predicted molar refractivity (Wildman–Crippen MR) is 131 cm³/mol. The number of rotatable bonds is 12. The van der Waals surface area contributed by atoms with Crippen molar-refractivity contribution in [2.24, 2.45) is 5.73 Å². The van der Waals surface area contributed by atoms with E-state index in [2.05, 4.69) is 42.2 Å². The highest BCUT2D eigenvalue weighted by atomic mass is 32.2. The summed E-state index contributed by atoms with van der Waals surface area (Å²) in [5.41, 5.74) is 6.88. The van der Waals surface area contributed by atoms with Crippen molar-refractivity contribution in [1.82, 2.24) is 19.7 Å². The van der Waals surface area contributed by atoms with Gasteiger partial charge in [0.15, 0.2) is 17.3 Å². The molecule has 12 nitrogen and oxygen atoms in total. The first kappa shape index (κ1) is 25.3. The van der Waals surface area contributed by atoms with Gasteiger partial charge in [0, 0.05) is 55.7 Å². The van der Waals surface area contributed by atoms with Crippen LogP contribution < -0.4 is 26.4 Å². The molecule has 0 spiro atoms. The molecule has 0 aliphatic carbocycles. The average molecular weight is 491 g/mol. The number of carbonyl (C=O) groups excluding carboxylic acids is 1. The van der Waals surface area contributed by atoms with Gasteiger partial charge in [0.05, 0.1) is 5.69 Å². The van der Waals surface area contributed by atoms with Gasteiger partial charge in [-0.05, 0) is 25.3 Å². The van der Waals surface area contributed by atoms with E-state index in [0.29, 0.717) is 49.2 Å². The second-order valence-electron chi connectivity index (χ2n) is 7.55. The first-order valence-corrected chi connectivity index (χ1v) is 12.5. The van der Waals surface area contributed by atoms with Gasteiger partial charge < -0.3 is 26.4 Å². The third kappa shape index (κ3) is 7.10. The molecule has 0 radical (unpaired) electrons. The number of primary amides is 1. The number of aryl methyl sites for hydroxylation is 1. The Balaban J connectivity index is 1.76. The third-order valence-electron chi connectivity index (χ3n) is 5.07. The van der Waals surface area contributed by atoms with Crippen LogP contribution in [0.5, 0.6) is 0 Å². The Kier molecular flexibility index (Phi) is 8.73. The van der Waals surface area contributed by atoms with Gasteiger partial charge in [-0.1, -0.05) is 13.5 Å². The van der Waals surface area contributed by atoms with Gasteiger partial charge >= 0.3 is 0 Å². The summed E-state index contributed by atoms with van der Waals surface area (Å²) < 4.78 is 30.6. The summed E-state index contributed by atoms with van der Waals surface area (Å²) in [6.07, 6.45) is 3.86. The van der Waals surface area contributed by atoms with Gasteiger partial charge in [-0.3, -0.25) is 4.79 Å². The smallest absolute Gasteiger partial charge is 0.271 e. The summed E-state index contributed by atoms with van der Waals surface area (Å²) in [6, 6.07) is 3.61. The highest BCUT2D eigenvalue weighted by Gasteiger charge is 2.20. The predicted octanol–water partition coefficient (Wildman–Crippen LogP) is 1.34. The molecule has 2 aromatic rings. The quantitative estimate of drug-likeness (QED) is 0.273. The number of pyridine rings is 1. The second kappa shape index (κ2) is 11.7. The first-order chi connectivity index (χ1) is 16.3. The lowest BCUT2D eigenvalue weighted by atomic mass is 10.1. The Labute approximate surface area is 198 Å². The minimum absolute atomic E-state index is 0.0412. The molecule has 3 rings (SSSR count). The number of amides is 1. The van der Waals surface area contributed by atoms with E-state index in [1.54, 1.807) is 18.3 Å². The number of carbonyl (C=O) groups is 1. The zero-order chi connectivity index (χ0) is 24.6. The monoisotopic (exact) mass is 490 g/mol. The van der Waals surface area contributed by atoms with Gasteiger partial charge in [0.1, 0.15) is 5.82 Å². The number of nitrogens with one attached hydrogen (secondary N) is 4. The van der Waals surface area contributed by atoms with Crippen LogP contribution in [0, 0.1) is 0 Å². The molecule has 3 heterocycles. The van der Waals surface area contributed by atoms with Crippen molar-refractivity contribution in [3.8, 4) is 0 Å². The van der Waals surface area contributed by atoms with E-state index in [0.717, 1.165) is 18.2 Å². The van der Waals surface area contributed by atoms with Crippen molar-refractivity contribution in [2.75, 3.05) is 42.3 Å². The zero-order valence-electron chi connectivity index (χ0n) is 19.0. The van der Waals surface area contributed by atoms with Crippen molar-refractivity contribution in [1.29, 1.82) is 0 Å². The molecular formula is C21H30N8O4S. The van der Waals surface area contributed by atoms with Crippen LogP contribution >= 0.6 is 0 Å². The lowest BCUT2D eigenvalue weighted by molar-refractivity contribution is 0.0903. The van der Waals surface area contributed by atoms with Crippen LogP contribution in [-0.2, 0) is 21.2 Å². The average Bonchev–Trinajstić information content (AvgIpc) is 2.83. The van der Waals surface area contributed by atoms with E-state index < -0.39 is 15.9 Å². The summed E-state index contributed by atoms with van der Waals surface area (Å²) in [4.78, 5) is 25.4. The normalized spacial score (nSPS) is 14.4. The number of nitrogens with two attached hydrogens (primary N) is 1. The van der Waals surface area contributed by atoms with Crippen LogP contribution in [-0.4, -0.2) is 61.6 Å². The van der Waals surface area contributed by atoms with E-state index in [1.807, 2.05) is 6.92 Å². The Morgan fingerprint density at radius 3 is 2.71 bits per heavy atom. The minimum Gasteiger partial charge on any atom is -0.381 e. The number of ether oxygens (including phenoxy) is 1. The topological polar surface area (TPSA) is 173 Å². The maximum atomic E-state index is 12.1. The van der Waals surface area contributed by atoms with E-state index in [9.17, 15) is 13.2 Å². The molecule has 0 atom stereocenters. The molecule has 0 saturated carbocycles. The summed E-state index contributed by atoms with van der Waals surface area (Å²) in [7, 11) is -3.49. The number of hydrogen-bond donors (Lipinski definition) is 5. The van der Waals surface area contributed by atoms with Gasteiger partial charge in [0.25, 0.3) is 5.91 Å². The van der Waals surface area contributed by atoms with E-state index in [4.69, 9.17) is 10.5 Å². The Bertz CT molecular complexity index is 1120. The van der Waals surface area contributed by atoms with Crippen molar-refractivity contribution in [2.45, 2.75) is 32.2 Å². The van der Waals surface area contributed by atoms with Crippen LogP contribution in [0.25, 0.3) is 0 Å². The molecule has 1 saturated heterocycles. The minimum atomic E-state index is -3.49. The molecule has 34 heavy (non-hydrogen) atoms. The lowest BCUT2D eigenvalue weighted by Gasteiger charge is -2.25. The van der Waals surface area contributed by atoms with Crippen LogP contribution in [0.4, 0.5) is 23.1 Å². The standard InChI is InChI=1S/C21H30N8O4S/c1-3-16-20(26-14-6-11-33-12-7-14)29-21(18(28-16)19(22)30)27-15-5-8-23-17(13-15)24-9-10-25-34(31,32)4-2/h4-5,8,13-14,25H,2-3,6-7,9-12H2,1H3,(H2,22,30)(H3,23,24,26,27,29). The highest BCUT2D eigenvalue weighted by molar-refractivity contribution is 7.92. The number of sulfonamides is 1. The van der Waals surface area contributed by atoms with Crippen molar-refractivity contribution < 1.29 is 17.9 Å². The number of anilines is 4. The molecule has 0 aromatic carbocycles. The number of nitrogens with zero attached hydrogens (tertiary/aromatic N) is 3. The molecular weight excluding hydrogens is 460 g/mol. The molecule has 2 aromatic heterocycles. The van der Waals surface area contributed by atoms with Gasteiger partial charge in [-0.2, -0.15) is 0 Å². The van der Waals surface area contributed by atoms with Crippen molar-refractivity contribution in [3.63, 3.8) is 0 Å². The van der Waals surface area contributed by atoms with Crippen molar-refractivity contribution >= 4 is 39.1 Å². The molecule has 1 fully saturated rings. The highest BCUT2D eigenvalue weighted by Crippen LogP contribution is 2.25. The fraction of sp³-hybridized carbons (Fsp3) is 0.429. The molecule has 184 valence electrons. The van der Waals surface area contributed by atoms with E-state index >= 15 is 0 Å². The molecule has 1 aliphatic rings. The van der Waals surface area contributed by atoms with E-state index in [1.165, 1.54) is 0 Å². The van der Waals surface area contributed by atoms with Crippen LogP contribution in [0.2, 0.25) is 0 Å². The van der Waals surface area contributed by atoms with Crippen LogP contribution in [0.3, 0.4) is 0 Å². The largest absolute Gasteiger partial charge is 0.381 e. The Morgan fingerprint density at radius 1 is 1.26 bits per heavy atom. The van der Waals surface area contributed by atoms with Gasteiger partial charge in [0.2, 0.25) is 10.0 Å². The fourth-order valence-corrected chi connectivity index (χ4v) is 3.82. The summed E-state index contributed by atoms with van der Waals surface area (Å²) in [5, 5.41) is 10.4. The van der Waals surface area contributed by atoms with Crippen LogP contribution in [0.15, 0.2) is 30.3 Å². The SMILES string of the molecule is C=CS(=O)(=O)NCCNc1cc(Nc2nc(NC3CCOCC3)c(CC)nc2C(N)=O)ccn1. The lowest BCUT2D eigenvalue weighted by Crippen LogP contribution is -2.29.